The van der Waals surface area contributed by atoms with E-state index in [-0.39, 0.29) is 17.3 Å². The van der Waals surface area contributed by atoms with Crippen LogP contribution in [0.3, 0.4) is 0 Å². The van der Waals surface area contributed by atoms with E-state index in [1.165, 1.54) is 11.0 Å². The molecular weight excluding hydrogens is 306 g/mol. The van der Waals surface area contributed by atoms with Gasteiger partial charge in [-0.2, -0.15) is 0 Å². The number of fused-ring (bicyclic) bond motifs is 1. The fourth-order valence-electron chi connectivity index (χ4n) is 2.87. The number of allylic oxidation sites excluding steroid dienone is 1. The average Bonchev–Trinajstić information content (AvgIpc) is 3.11. The van der Waals surface area contributed by atoms with E-state index in [9.17, 15) is 9.90 Å². The van der Waals surface area contributed by atoms with Crippen LogP contribution < -0.4 is 14.7 Å². The lowest BCUT2D eigenvalue weighted by Crippen LogP contribution is -3.10. The largest absolute Gasteiger partial charge is 0.872 e. The fourth-order valence-corrected chi connectivity index (χ4v) is 2.87. The molecule has 0 fully saturated rings. The zero-order chi connectivity index (χ0) is 17.3. The minimum atomic E-state index is -0.213. The standard InChI is InChI=1S/C19H21NO4/c1-4-20(5-2)11-15-16(21)9-8-14-18(22)17(24-19(14)15)10-13-7-6-12(3)23-13/h6-10,21H,4-5,11H2,1-3H3/b17-10-. The first-order valence-corrected chi connectivity index (χ1v) is 8.20. The third kappa shape index (κ3) is 2.95. The molecule has 0 amide bonds. The Hall–Kier alpha value is -2.53. The smallest absolute Gasteiger partial charge is 0.232 e. The summed E-state index contributed by atoms with van der Waals surface area (Å²) in [6, 6.07) is 6.61. The van der Waals surface area contributed by atoms with Crippen molar-refractivity contribution in [2.75, 3.05) is 13.1 Å². The summed E-state index contributed by atoms with van der Waals surface area (Å²) in [6.07, 6.45) is 1.58. The number of rotatable bonds is 5. The lowest BCUT2D eigenvalue weighted by atomic mass is 10.0. The van der Waals surface area contributed by atoms with Crippen LogP contribution in [0.1, 0.15) is 41.3 Å². The van der Waals surface area contributed by atoms with Crippen molar-refractivity contribution in [3.05, 3.63) is 52.7 Å². The summed E-state index contributed by atoms with van der Waals surface area (Å²) in [4.78, 5) is 13.8. The Morgan fingerprint density at radius 2 is 1.92 bits per heavy atom. The molecule has 3 rings (SSSR count). The Labute approximate surface area is 141 Å². The minimum Gasteiger partial charge on any atom is -0.872 e. The van der Waals surface area contributed by atoms with E-state index in [1.54, 1.807) is 18.2 Å². The van der Waals surface area contributed by atoms with Gasteiger partial charge < -0.3 is 19.2 Å². The molecule has 5 nitrogen and oxygen atoms in total. The normalized spacial score (nSPS) is 15.2. The molecule has 1 aromatic heterocycles. The number of ether oxygens (including phenoxy) is 1. The van der Waals surface area contributed by atoms with Crippen molar-refractivity contribution in [2.45, 2.75) is 27.3 Å². The van der Waals surface area contributed by atoms with Gasteiger partial charge in [0.1, 0.15) is 23.8 Å². The van der Waals surface area contributed by atoms with Crippen LogP contribution in [-0.4, -0.2) is 18.9 Å². The Morgan fingerprint density at radius 3 is 2.54 bits per heavy atom. The maximum Gasteiger partial charge on any atom is 0.232 e. The molecule has 0 bridgehead atoms. The zero-order valence-corrected chi connectivity index (χ0v) is 14.1. The molecule has 0 aliphatic carbocycles. The molecule has 0 atom stereocenters. The van der Waals surface area contributed by atoms with Gasteiger partial charge in [-0.15, -0.1) is 0 Å². The maximum atomic E-state index is 12.6. The summed E-state index contributed by atoms with van der Waals surface area (Å²) in [7, 11) is 0. The number of aryl methyl sites for hydroxylation is 1. The number of carbonyl (C=O) groups excluding carboxylic acids is 1. The van der Waals surface area contributed by atoms with Gasteiger partial charge in [-0.25, -0.2) is 0 Å². The molecule has 0 saturated carbocycles. The van der Waals surface area contributed by atoms with Gasteiger partial charge in [0.15, 0.2) is 5.76 Å². The van der Waals surface area contributed by atoms with Crippen LogP contribution in [0.5, 0.6) is 11.5 Å². The molecule has 0 saturated heterocycles. The molecule has 126 valence electrons. The van der Waals surface area contributed by atoms with Crippen molar-refractivity contribution >= 4 is 11.9 Å². The highest BCUT2D eigenvalue weighted by Crippen LogP contribution is 2.38. The summed E-state index contributed by atoms with van der Waals surface area (Å²) in [5.74, 6) is 1.62. The van der Waals surface area contributed by atoms with Gasteiger partial charge in [0, 0.05) is 11.6 Å². The summed E-state index contributed by atoms with van der Waals surface area (Å²) in [5.41, 5.74) is 1.02. The Balaban J connectivity index is 1.97. The van der Waals surface area contributed by atoms with Gasteiger partial charge in [-0.1, -0.05) is 11.8 Å². The second-order valence-electron chi connectivity index (χ2n) is 5.94. The number of hydrogen-bond donors (Lipinski definition) is 1. The molecule has 0 unspecified atom stereocenters. The maximum absolute atomic E-state index is 12.6. The van der Waals surface area contributed by atoms with E-state index >= 15 is 0 Å². The average molecular weight is 327 g/mol. The monoisotopic (exact) mass is 327 g/mol. The van der Waals surface area contributed by atoms with Gasteiger partial charge in [-0.05, 0) is 39.0 Å². The molecule has 0 spiro atoms. The predicted octanol–water partition coefficient (Wildman–Crippen LogP) is 1.70. The SMILES string of the molecule is CC[NH+](CC)Cc1c([O-])ccc2c1O/C(=C\c1ccc(C)o1)C2=O. The number of quaternary nitrogens is 1. The summed E-state index contributed by atoms with van der Waals surface area (Å²) in [5, 5.41) is 12.3. The number of ketones is 1. The molecule has 1 N–H and O–H groups in total. The van der Waals surface area contributed by atoms with Crippen molar-refractivity contribution in [3.8, 4) is 11.5 Å². The van der Waals surface area contributed by atoms with Crippen LogP contribution in [0.2, 0.25) is 0 Å². The first kappa shape index (κ1) is 16.3. The molecule has 24 heavy (non-hydrogen) atoms. The van der Waals surface area contributed by atoms with Crippen LogP contribution in [0.4, 0.5) is 0 Å². The van der Waals surface area contributed by atoms with Gasteiger partial charge in [0.05, 0.1) is 18.7 Å². The van der Waals surface area contributed by atoms with Gasteiger partial charge in [0.2, 0.25) is 5.78 Å². The van der Waals surface area contributed by atoms with Crippen LogP contribution in [0.25, 0.3) is 6.08 Å². The lowest BCUT2D eigenvalue weighted by Gasteiger charge is -2.21. The van der Waals surface area contributed by atoms with Gasteiger partial charge >= 0.3 is 0 Å². The predicted molar refractivity (Wildman–Crippen MR) is 88.0 cm³/mol. The van der Waals surface area contributed by atoms with E-state index in [1.807, 2.05) is 13.0 Å². The molecule has 1 aliphatic heterocycles. The second kappa shape index (κ2) is 6.53. The van der Waals surface area contributed by atoms with E-state index in [2.05, 4.69) is 13.8 Å². The number of nitrogens with one attached hydrogen (secondary N) is 1. The number of benzene rings is 1. The van der Waals surface area contributed by atoms with Crippen molar-refractivity contribution in [1.82, 2.24) is 0 Å². The Bertz CT molecular complexity index is 800. The second-order valence-corrected chi connectivity index (χ2v) is 5.94. The van der Waals surface area contributed by atoms with Crippen LogP contribution in [-0.2, 0) is 6.54 Å². The highest BCUT2D eigenvalue weighted by Gasteiger charge is 2.31. The van der Waals surface area contributed by atoms with Crippen molar-refractivity contribution < 1.29 is 24.0 Å². The molecule has 1 aliphatic rings. The first-order chi connectivity index (χ1) is 11.5. The quantitative estimate of drug-likeness (QED) is 0.849. The lowest BCUT2D eigenvalue weighted by molar-refractivity contribution is -0.910. The van der Waals surface area contributed by atoms with Crippen molar-refractivity contribution in [2.24, 2.45) is 0 Å². The van der Waals surface area contributed by atoms with Crippen molar-refractivity contribution in [1.29, 1.82) is 0 Å². The highest BCUT2D eigenvalue weighted by molar-refractivity contribution is 6.14. The fraction of sp³-hybridized carbons (Fsp3) is 0.316. The first-order valence-electron chi connectivity index (χ1n) is 8.20. The number of hydrogen-bond acceptors (Lipinski definition) is 4. The van der Waals surface area contributed by atoms with Crippen LogP contribution in [0.15, 0.2) is 34.4 Å². The molecule has 1 aromatic carbocycles. The molecular formula is C19H21NO4. The van der Waals surface area contributed by atoms with E-state index in [0.29, 0.717) is 29.2 Å². The van der Waals surface area contributed by atoms with Crippen molar-refractivity contribution in [3.63, 3.8) is 0 Å². The number of Topliss-reactive ketones (excluding diaryl/α,β-unsaturated/α-hetero) is 1. The third-order valence-electron chi connectivity index (χ3n) is 4.36. The Kier molecular flexibility index (Phi) is 4.44. The van der Waals surface area contributed by atoms with E-state index < -0.39 is 0 Å². The molecule has 2 heterocycles. The molecule has 2 aromatic rings. The summed E-state index contributed by atoms with van der Waals surface area (Å²) in [6.45, 7) is 8.34. The van der Waals surface area contributed by atoms with Crippen LogP contribution >= 0.6 is 0 Å². The van der Waals surface area contributed by atoms with E-state index in [0.717, 1.165) is 18.8 Å². The van der Waals surface area contributed by atoms with E-state index in [4.69, 9.17) is 9.15 Å². The highest BCUT2D eigenvalue weighted by atomic mass is 16.5. The minimum absolute atomic E-state index is 0.0870. The van der Waals surface area contributed by atoms with Gasteiger partial charge in [-0.3, -0.25) is 4.79 Å². The molecule has 0 radical (unpaired) electrons. The zero-order valence-electron chi connectivity index (χ0n) is 14.1. The number of carbonyl (C=O) groups is 1. The van der Waals surface area contributed by atoms with Gasteiger partial charge in [0.25, 0.3) is 0 Å². The van der Waals surface area contributed by atoms with Crippen LogP contribution in [0, 0.1) is 6.92 Å². The summed E-state index contributed by atoms with van der Waals surface area (Å²) < 4.78 is 11.2. The summed E-state index contributed by atoms with van der Waals surface area (Å²) >= 11 is 0. The topological polar surface area (TPSA) is 66.9 Å². The Morgan fingerprint density at radius 1 is 1.17 bits per heavy atom. The third-order valence-corrected chi connectivity index (χ3v) is 4.36. The molecule has 5 heteroatoms. The number of furan rings is 1.